The highest BCUT2D eigenvalue weighted by molar-refractivity contribution is 7.89. The maximum absolute atomic E-state index is 12.7. The zero-order chi connectivity index (χ0) is 18.4. The number of hydrogen-bond donors (Lipinski definition) is 2. The molecule has 0 saturated carbocycles. The molecular weight excluding hydrogens is 374 g/mol. The summed E-state index contributed by atoms with van der Waals surface area (Å²) in [5, 5.41) is 3.17. The van der Waals surface area contributed by atoms with Gasteiger partial charge in [0.1, 0.15) is 0 Å². The first-order valence-corrected chi connectivity index (χ1v) is 10.4. The third-order valence-corrected chi connectivity index (χ3v) is 5.83. The number of rotatable bonds is 7. The Morgan fingerprint density at radius 1 is 1.27 bits per heavy atom. The van der Waals surface area contributed by atoms with Crippen molar-refractivity contribution in [2.24, 2.45) is 11.8 Å². The molecule has 26 heavy (non-hydrogen) atoms. The van der Waals surface area contributed by atoms with Gasteiger partial charge < -0.3 is 10.2 Å². The Kier molecular flexibility index (Phi) is 9.03. The van der Waals surface area contributed by atoms with E-state index < -0.39 is 10.0 Å². The Balaban J connectivity index is 0.00000338. The number of likely N-dealkylation sites (tertiary alicyclic amines) is 1. The summed E-state index contributed by atoms with van der Waals surface area (Å²) >= 11 is 0. The molecule has 148 valence electrons. The summed E-state index contributed by atoms with van der Waals surface area (Å²) in [6.07, 6.45) is 2.13. The Morgan fingerprint density at radius 2 is 1.92 bits per heavy atom. The second kappa shape index (κ2) is 10.3. The number of halogens is 1. The standard InChI is InChI=1S/C18H29N3O3S.ClH/c1-14(2)11-20-25(23,24)17-8-6-16(7-9-17)18(22)21-10-4-5-15(13-21)12-19-3;/h6-9,14-15,19-20H,4-5,10-13H2,1-3H3;1H. The van der Waals surface area contributed by atoms with Gasteiger partial charge in [-0.05, 0) is 62.5 Å². The molecule has 1 fully saturated rings. The van der Waals surface area contributed by atoms with Gasteiger partial charge in [0.25, 0.3) is 5.91 Å². The van der Waals surface area contributed by atoms with Crippen LogP contribution < -0.4 is 10.0 Å². The molecule has 2 N–H and O–H groups in total. The number of nitrogens with one attached hydrogen (secondary N) is 2. The number of sulfonamides is 1. The first-order chi connectivity index (χ1) is 11.8. The summed E-state index contributed by atoms with van der Waals surface area (Å²) in [5.74, 6) is 0.683. The fraction of sp³-hybridized carbons (Fsp3) is 0.611. The normalized spacial score (nSPS) is 17.8. The summed E-state index contributed by atoms with van der Waals surface area (Å²) in [7, 11) is -1.60. The summed E-state index contributed by atoms with van der Waals surface area (Å²) in [5.41, 5.74) is 0.535. The lowest BCUT2D eigenvalue weighted by Gasteiger charge is -2.32. The highest BCUT2D eigenvalue weighted by Crippen LogP contribution is 2.19. The van der Waals surface area contributed by atoms with Crippen LogP contribution in [0.15, 0.2) is 29.2 Å². The van der Waals surface area contributed by atoms with Gasteiger partial charge in [0.15, 0.2) is 0 Å². The number of piperidine rings is 1. The quantitative estimate of drug-likeness (QED) is 0.730. The van der Waals surface area contributed by atoms with Crippen LogP contribution >= 0.6 is 12.4 Å². The van der Waals surface area contributed by atoms with Crippen LogP contribution in [0.3, 0.4) is 0 Å². The molecule has 2 rings (SSSR count). The molecule has 1 unspecified atom stereocenters. The van der Waals surface area contributed by atoms with Crippen molar-refractivity contribution in [2.75, 3.05) is 33.2 Å². The van der Waals surface area contributed by atoms with Crippen molar-refractivity contribution in [2.45, 2.75) is 31.6 Å². The van der Waals surface area contributed by atoms with E-state index in [9.17, 15) is 13.2 Å². The maximum Gasteiger partial charge on any atom is 0.253 e. The minimum absolute atomic E-state index is 0. The fourth-order valence-electron chi connectivity index (χ4n) is 3.02. The second-order valence-corrected chi connectivity index (χ2v) is 8.85. The molecule has 1 amide bonds. The number of benzene rings is 1. The molecule has 0 aromatic heterocycles. The lowest BCUT2D eigenvalue weighted by Crippen LogP contribution is -2.42. The highest BCUT2D eigenvalue weighted by Gasteiger charge is 2.24. The van der Waals surface area contributed by atoms with Gasteiger partial charge in [-0.15, -0.1) is 12.4 Å². The van der Waals surface area contributed by atoms with Gasteiger partial charge in [-0.25, -0.2) is 13.1 Å². The van der Waals surface area contributed by atoms with Crippen LogP contribution in [0.2, 0.25) is 0 Å². The van der Waals surface area contributed by atoms with Crippen LogP contribution in [0.4, 0.5) is 0 Å². The van der Waals surface area contributed by atoms with Crippen molar-refractivity contribution in [3.8, 4) is 0 Å². The first-order valence-electron chi connectivity index (χ1n) is 8.87. The summed E-state index contributed by atoms with van der Waals surface area (Å²) in [6.45, 7) is 6.70. The Labute approximate surface area is 163 Å². The molecule has 0 spiro atoms. The largest absolute Gasteiger partial charge is 0.338 e. The van der Waals surface area contributed by atoms with E-state index in [-0.39, 0.29) is 29.1 Å². The van der Waals surface area contributed by atoms with Crippen LogP contribution in [0.25, 0.3) is 0 Å². The molecule has 1 aromatic rings. The SMILES string of the molecule is CNCC1CCCN(C(=O)c2ccc(S(=O)(=O)NCC(C)C)cc2)C1.Cl. The number of carbonyl (C=O) groups excluding carboxylic acids is 1. The Bertz CT molecular complexity index is 675. The second-order valence-electron chi connectivity index (χ2n) is 7.09. The van der Waals surface area contributed by atoms with Gasteiger partial charge in [0.2, 0.25) is 10.0 Å². The lowest BCUT2D eigenvalue weighted by atomic mass is 9.97. The van der Waals surface area contributed by atoms with Gasteiger partial charge in [-0.3, -0.25) is 4.79 Å². The molecule has 1 heterocycles. The van der Waals surface area contributed by atoms with Crippen LogP contribution in [0.1, 0.15) is 37.0 Å². The van der Waals surface area contributed by atoms with Crippen molar-refractivity contribution >= 4 is 28.3 Å². The molecule has 1 aromatic carbocycles. The molecule has 1 atom stereocenters. The topological polar surface area (TPSA) is 78.5 Å². The van der Waals surface area contributed by atoms with Gasteiger partial charge in [0, 0.05) is 25.2 Å². The minimum Gasteiger partial charge on any atom is -0.338 e. The third-order valence-electron chi connectivity index (χ3n) is 4.39. The lowest BCUT2D eigenvalue weighted by molar-refractivity contribution is 0.0674. The van der Waals surface area contributed by atoms with Crippen molar-refractivity contribution in [1.82, 2.24) is 14.9 Å². The summed E-state index contributed by atoms with van der Waals surface area (Å²) in [4.78, 5) is 14.7. The summed E-state index contributed by atoms with van der Waals surface area (Å²) in [6, 6.07) is 6.22. The molecular formula is C18H30ClN3O3S. The summed E-state index contributed by atoms with van der Waals surface area (Å²) < 4.78 is 27.0. The molecule has 1 aliphatic heterocycles. The monoisotopic (exact) mass is 403 g/mol. The van der Waals surface area contributed by atoms with E-state index in [2.05, 4.69) is 10.0 Å². The van der Waals surface area contributed by atoms with Crippen molar-refractivity contribution in [1.29, 1.82) is 0 Å². The van der Waals surface area contributed by atoms with E-state index in [4.69, 9.17) is 0 Å². The van der Waals surface area contributed by atoms with E-state index >= 15 is 0 Å². The maximum atomic E-state index is 12.7. The molecule has 0 bridgehead atoms. The zero-order valence-electron chi connectivity index (χ0n) is 15.7. The smallest absolute Gasteiger partial charge is 0.253 e. The molecule has 0 radical (unpaired) electrons. The van der Waals surface area contributed by atoms with Gasteiger partial charge in [0.05, 0.1) is 4.90 Å². The number of carbonyl (C=O) groups is 1. The van der Waals surface area contributed by atoms with Crippen molar-refractivity contribution < 1.29 is 13.2 Å². The average molecular weight is 404 g/mol. The van der Waals surface area contributed by atoms with E-state index in [0.717, 1.165) is 32.5 Å². The molecule has 8 heteroatoms. The first kappa shape index (κ1) is 22.9. The fourth-order valence-corrected chi connectivity index (χ4v) is 4.24. The van der Waals surface area contributed by atoms with Crippen LogP contribution in [-0.2, 0) is 10.0 Å². The Morgan fingerprint density at radius 3 is 2.50 bits per heavy atom. The van der Waals surface area contributed by atoms with Crippen LogP contribution in [0, 0.1) is 11.8 Å². The van der Waals surface area contributed by atoms with E-state index in [1.54, 1.807) is 12.1 Å². The highest BCUT2D eigenvalue weighted by atomic mass is 35.5. The zero-order valence-corrected chi connectivity index (χ0v) is 17.3. The molecule has 1 saturated heterocycles. The minimum atomic E-state index is -3.52. The van der Waals surface area contributed by atoms with Gasteiger partial charge >= 0.3 is 0 Å². The average Bonchev–Trinajstić information content (AvgIpc) is 2.60. The molecule has 1 aliphatic rings. The van der Waals surface area contributed by atoms with Gasteiger partial charge in [-0.2, -0.15) is 0 Å². The van der Waals surface area contributed by atoms with E-state index in [0.29, 0.717) is 18.0 Å². The number of hydrogen-bond acceptors (Lipinski definition) is 4. The third kappa shape index (κ3) is 6.23. The van der Waals surface area contributed by atoms with Gasteiger partial charge in [-0.1, -0.05) is 13.8 Å². The molecule has 0 aliphatic carbocycles. The van der Waals surface area contributed by atoms with Crippen molar-refractivity contribution in [3.63, 3.8) is 0 Å². The predicted molar refractivity (Wildman–Crippen MR) is 106 cm³/mol. The molecule has 6 nitrogen and oxygen atoms in total. The predicted octanol–water partition coefficient (Wildman–Crippen LogP) is 2.11. The van der Waals surface area contributed by atoms with Crippen molar-refractivity contribution in [3.05, 3.63) is 29.8 Å². The van der Waals surface area contributed by atoms with Crippen LogP contribution in [0.5, 0.6) is 0 Å². The van der Waals surface area contributed by atoms with Crippen LogP contribution in [-0.4, -0.2) is 52.5 Å². The van der Waals surface area contributed by atoms with E-state index in [1.807, 2.05) is 25.8 Å². The Hall–Kier alpha value is -1.15. The number of nitrogens with zero attached hydrogens (tertiary/aromatic N) is 1. The number of amides is 1. The van der Waals surface area contributed by atoms with E-state index in [1.165, 1.54) is 12.1 Å².